The SMILES string of the molecule is O=C(Nc1cc2c(cn1)[nH]c1cc(-c3cccnc3)ccc12)C1CC1. The van der Waals surface area contributed by atoms with Crippen molar-refractivity contribution >= 4 is 33.5 Å². The van der Waals surface area contributed by atoms with Gasteiger partial charge in [-0.1, -0.05) is 18.2 Å². The lowest BCUT2D eigenvalue weighted by atomic mass is 10.1. The molecular formula is C20H16N4O. The Hall–Kier alpha value is -3.21. The zero-order valence-corrected chi connectivity index (χ0v) is 13.5. The number of benzene rings is 1. The Kier molecular flexibility index (Phi) is 3.06. The third-order valence-electron chi connectivity index (χ3n) is 4.68. The molecule has 3 aromatic heterocycles. The Labute approximate surface area is 144 Å². The average Bonchev–Trinajstić information content (AvgIpc) is 3.44. The van der Waals surface area contributed by atoms with Crippen molar-refractivity contribution in [3.05, 3.63) is 55.0 Å². The third kappa shape index (κ3) is 2.54. The molecule has 5 nitrogen and oxygen atoms in total. The van der Waals surface area contributed by atoms with Gasteiger partial charge < -0.3 is 10.3 Å². The second kappa shape index (κ2) is 5.41. The molecule has 1 fully saturated rings. The topological polar surface area (TPSA) is 70.7 Å². The van der Waals surface area contributed by atoms with E-state index in [0.29, 0.717) is 5.82 Å². The molecule has 2 N–H and O–H groups in total. The Morgan fingerprint density at radius 2 is 1.96 bits per heavy atom. The number of carbonyl (C=O) groups excluding carboxylic acids is 1. The van der Waals surface area contributed by atoms with Crippen molar-refractivity contribution in [1.29, 1.82) is 0 Å². The third-order valence-corrected chi connectivity index (χ3v) is 4.68. The molecule has 1 amide bonds. The van der Waals surface area contributed by atoms with Crippen molar-refractivity contribution in [2.24, 2.45) is 5.92 Å². The molecule has 0 atom stereocenters. The summed E-state index contributed by atoms with van der Waals surface area (Å²) in [6.07, 6.45) is 7.38. The monoisotopic (exact) mass is 328 g/mol. The van der Waals surface area contributed by atoms with Crippen molar-refractivity contribution in [3.63, 3.8) is 0 Å². The predicted molar refractivity (Wildman–Crippen MR) is 98.2 cm³/mol. The zero-order valence-electron chi connectivity index (χ0n) is 13.5. The summed E-state index contributed by atoms with van der Waals surface area (Å²) in [5.41, 5.74) is 4.20. The number of amides is 1. The molecule has 0 bridgehead atoms. The van der Waals surface area contributed by atoms with Crippen LogP contribution in [0.5, 0.6) is 0 Å². The van der Waals surface area contributed by atoms with Crippen molar-refractivity contribution < 1.29 is 4.79 Å². The summed E-state index contributed by atoms with van der Waals surface area (Å²) in [5.74, 6) is 0.856. The van der Waals surface area contributed by atoms with Crippen LogP contribution in [0.4, 0.5) is 5.82 Å². The number of H-pyrrole nitrogens is 1. The van der Waals surface area contributed by atoms with Crippen molar-refractivity contribution in [2.45, 2.75) is 12.8 Å². The Morgan fingerprint density at radius 3 is 2.76 bits per heavy atom. The van der Waals surface area contributed by atoms with E-state index in [1.165, 1.54) is 0 Å². The molecule has 0 unspecified atom stereocenters. The van der Waals surface area contributed by atoms with E-state index in [9.17, 15) is 4.79 Å². The number of hydrogen-bond donors (Lipinski definition) is 2. The van der Waals surface area contributed by atoms with E-state index in [0.717, 1.165) is 45.8 Å². The summed E-state index contributed by atoms with van der Waals surface area (Å²) < 4.78 is 0. The summed E-state index contributed by atoms with van der Waals surface area (Å²) in [6, 6.07) is 12.2. The lowest BCUT2D eigenvalue weighted by Crippen LogP contribution is -2.14. The van der Waals surface area contributed by atoms with Gasteiger partial charge in [0.1, 0.15) is 5.82 Å². The van der Waals surface area contributed by atoms with E-state index in [-0.39, 0.29) is 11.8 Å². The molecule has 25 heavy (non-hydrogen) atoms. The summed E-state index contributed by atoms with van der Waals surface area (Å²) >= 11 is 0. The fourth-order valence-electron chi connectivity index (χ4n) is 3.16. The van der Waals surface area contributed by atoms with Crippen LogP contribution in [0.1, 0.15) is 12.8 Å². The van der Waals surface area contributed by atoms with E-state index in [1.54, 1.807) is 12.4 Å². The first-order valence-corrected chi connectivity index (χ1v) is 8.41. The minimum Gasteiger partial charge on any atom is -0.353 e. The number of rotatable bonds is 3. The van der Waals surface area contributed by atoms with Crippen LogP contribution < -0.4 is 5.32 Å². The Bertz CT molecular complexity index is 1100. The molecular weight excluding hydrogens is 312 g/mol. The molecule has 122 valence electrons. The van der Waals surface area contributed by atoms with Gasteiger partial charge in [0.15, 0.2) is 0 Å². The second-order valence-electron chi connectivity index (χ2n) is 6.51. The van der Waals surface area contributed by atoms with E-state index in [4.69, 9.17) is 0 Å². The fourth-order valence-corrected chi connectivity index (χ4v) is 3.16. The number of pyridine rings is 2. The molecule has 4 aromatic rings. The van der Waals surface area contributed by atoms with Crippen LogP contribution in [-0.4, -0.2) is 20.9 Å². The number of nitrogens with zero attached hydrogens (tertiary/aromatic N) is 2. The highest BCUT2D eigenvalue weighted by Gasteiger charge is 2.29. The van der Waals surface area contributed by atoms with Crippen LogP contribution >= 0.6 is 0 Å². The van der Waals surface area contributed by atoms with Crippen molar-refractivity contribution in [3.8, 4) is 11.1 Å². The van der Waals surface area contributed by atoms with E-state index < -0.39 is 0 Å². The standard InChI is InChI=1S/C20H16N4O/c25-20(12-3-4-12)24-19-9-16-15-6-5-13(14-2-1-7-21-10-14)8-17(15)23-18(16)11-22-19/h1-2,5-12,23H,3-4H2,(H,22,24,25). The van der Waals surface area contributed by atoms with Gasteiger partial charge in [-0.3, -0.25) is 9.78 Å². The van der Waals surface area contributed by atoms with Crippen LogP contribution in [0.2, 0.25) is 0 Å². The maximum Gasteiger partial charge on any atom is 0.228 e. The molecule has 0 saturated heterocycles. The van der Waals surface area contributed by atoms with Gasteiger partial charge in [0.25, 0.3) is 0 Å². The minimum atomic E-state index is 0.0746. The molecule has 3 heterocycles. The summed E-state index contributed by atoms with van der Waals surface area (Å²) in [7, 11) is 0. The summed E-state index contributed by atoms with van der Waals surface area (Å²) in [5, 5.41) is 5.10. The van der Waals surface area contributed by atoms with Crippen molar-refractivity contribution in [2.75, 3.05) is 5.32 Å². The highest BCUT2D eigenvalue weighted by atomic mass is 16.2. The van der Waals surface area contributed by atoms with Crippen LogP contribution in [0, 0.1) is 5.92 Å². The highest BCUT2D eigenvalue weighted by Crippen LogP contribution is 2.32. The van der Waals surface area contributed by atoms with Gasteiger partial charge in [-0.2, -0.15) is 0 Å². The maximum atomic E-state index is 11.9. The first-order chi connectivity index (χ1) is 12.3. The summed E-state index contributed by atoms with van der Waals surface area (Å²) in [4.78, 5) is 23.9. The predicted octanol–water partition coefficient (Wildman–Crippen LogP) is 4.13. The molecule has 1 aromatic carbocycles. The molecule has 0 spiro atoms. The number of hydrogen-bond acceptors (Lipinski definition) is 3. The molecule has 0 radical (unpaired) electrons. The van der Waals surface area contributed by atoms with Gasteiger partial charge in [0.05, 0.1) is 11.7 Å². The first kappa shape index (κ1) is 14.2. The average molecular weight is 328 g/mol. The highest BCUT2D eigenvalue weighted by molar-refractivity contribution is 6.09. The first-order valence-electron chi connectivity index (χ1n) is 8.41. The Balaban J connectivity index is 1.57. The molecule has 0 aliphatic heterocycles. The second-order valence-corrected chi connectivity index (χ2v) is 6.51. The van der Waals surface area contributed by atoms with Crippen LogP contribution in [0.25, 0.3) is 32.9 Å². The van der Waals surface area contributed by atoms with Crippen LogP contribution in [-0.2, 0) is 4.79 Å². The lowest BCUT2D eigenvalue weighted by molar-refractivity contribution is -0.117. The number of aromatic nitrogens is 3. The maximum absolute atomic E-state index is 11.9. The quantitative estimate of drug-likeness (QED) is 0.594. The van der Waals surface area contributed by atoms with Crippen LogP contribution in [0.15, 0.2) is 55.0 Å². The molecule has 1 aliphatic carbocycles. The van der Waals surface area contributed by atoms with Gasteiger partial charge in [0.2, 0.25) is 5.91 Å². The molecule has 5 heteroatoms. The smallest absolute Gasteiger partial charge is 0.228 e. The molecule has 1 aliphatic rings. The lowest BCUT2D eigenvalue weighted by Gasteiger charge is -2.03. The number of carbonyl (C=O) groups is 1. The van der Waals surface area contributed by atoms with Gasteiger partial charge in [-0.05, 0) is 36.6 Å². The molecule has 5 rings (SSSR count). The zero-order chi connectivity index (χ0) is 16.8. The van der Waals surface area contributed by atoms with E-state index in [1.807, 2.05) is 24.4 Å². The number of aromatic amines is 1. The van der Waals surface area contributed by atoms with E-state index in [2.05, 4.69) is 38.5 Å². The van der Waals surface area contributed by atoms with Gasteiger partial charge in [0, 0.05) is 40.2 Å². The normalized spacial score (nSPS) is 14.1. The molecule has 1 saturated carbocycles. The largest absolute Gasteiger partial charge is 0.353 e. The van der Waals surface area contributed by atoms with Gasteiger partial charge in [-0.25, -0.2) is 4.98 Å². The fraction of sp³-hybridized carbons (Fsp3) is 0.150. The number of anilines is 1. The van der Waals surface area contributed by atoms with E-state index >= 15 is 0 Å². The minimum absolute atomic E-state index is 0.0746. The van der Waals surface area contributed by atoms with Crippen LogP contribution in [0.3, 0.4) is 0 Å². The number of fused-ring (bicyclic) bond motifs is 3. The summed E-state index contributed by atoms with van der Waals surface area (Å²) in [6.45, 7) is 0. The number of nitrogens with one attached hydrogen (secondary N) is 2. The van der Waals surface area contributed by atoms with Gasteiger partial charge >= 0.3 is 0 Å². The van der Waals surface area contributed by atoms with Crippen molar-refractivity contribution in [1.82, 2.24) is 15.0 Å². The Morgan fingerprint density at radius 1 is 1.04 bits per heavy atom. The van der Waals surface area contributed by atoms with Gasteiger partial charge in [-0.15, -0.1) is 0 Å².